The highest BCUT2D eigenvalue weighted by atomic mass is 16.7. The van der Waals surface area contributed by atoms with Gasteiger partial charge in [-0.25, -0.2) is 0 Å². The number of hydrogen-bond donors (Lipinski definition) is 2. The minimum atomic E-state index is -0.863. The molecule has 7 aliphatic rings. The number of aliphatic hydroxyl groups excluding tert-OH is 2. The Labute approximate surface area is 357 Å². The molecule has 2 bridgehead atoms. The number of esters is 1. The molecule has 6 aliphatic heterocycles. The van der Waals surface area contributed by atoms with E-state index in [4.69, 9.17) is 47.4 Å². The van der Waals surface area contributed by atoms with E-state index in [1.165, 1.54) is 0 Å². The zero-order valence-corrected chi connectivity index (χ0v) is 37.4. The molecule has 1 aliphatic carbocycles. The van der Waals surface area contributed by atoms with Crippen LogP contribution in [0.1, 0.15) is 100 Å². The maximum atomic E-state index is 14.3. The van der Waals surface area contributed by atoms with E-state index in [1.54, 1.807) is 14.2 Å². The van der Waals surface area contributed by atoms with Crippen LogP contribution >= 0.6 is 0 Å². The molecule has 5 fully saturated rings. The van der Waals surface area contributed by atoms with Crippen molar-refractivity contribution in [2.24, 2.45) is 29.6 Å². The highest BCUT2D eigenvalue weighted by Gasteiger charge is 2.52. The Bertz CT molecular complexity index is 1610. The molecular weight excluding hydrogens is 773 g/mol. The van der Waals surface area contributed by atoms with Crippen LogP contribution in [0.4, 0.5) is 0 Å². The Kier molecular flexibility index (Phi) is 14.9. The first-order valence-corrected chi connectivity index (χ1v) is 22.5. The Morgan fingerprint density at radius 1 is 0.883 bits per heavy atom. The van der Waals surface area contributed by atoms with Gasteiger partial charge in [0.05, 0.1) is 61.4 Å². The summed E-state index contributed by atoms with van der Waals surface area (Å²) in [5.74, 6) is -1.51. The number of allylic oxidation sites excluding steroid dienone is 2. The number of fused-ring (bicyclic) bond motifs is 2. The van der Waals surface area contributed by atoms with Gasteiger partial charge in [0.25, 0.3) is 0 Å². The molecule has 1 spiro atoms. The number of methoxy groups -OCH3 is 2. The molecule has 6 heterocycles. The SMILES string of the molecule is CO[C@H]1C[C@H](O[C@@H]2/C(C)=C/C[C@@H]3C[C@@H](C[C@]4(CC[C@H](C)[C@H](C(C)C)O4)O3)OC(=O)[C@@H]3C=C(C)[C@@H](O)[C@@H]4OC/C(=C\C=C\[C@@H]2C)[C@@H]43)O[C@@H](C)[C@@H]1O[C@H]1C[C@@H](OC)[C@@H](O)[C@H](C)O1. The molecule has 13 nitrogen and oxygen atoms in total. The summed E-state index contributed by atoms with van der Waals surface area (Å²) in [5.41, 5.74) is 2.69. The van der Waals surface area contributed by atoms with E-state index in [1.807, 2.05) is 39.0 Å². The van der Waals surface area contributed by atoms with Gasteiger partial charge in [-0.15, -0.1) is 0 Å². The zero-order valence-electron chi connectivity index (χ0n) is 37.4. The molecule has 0 aromatic rings. The molecule has 0 amide bonds. The monoisotopic (exact) mass is 844 g/mol. The average molecular weight is 845 g/mol. The Morgan fingerprint density at radius 3 is 2.33 bits per heavy atom. The van der Waals surface area contributed by atoms with Gasteiger partial charge in [0.1, 0.15) is 24.4 Å². The Hall–Kier alpha value is -2.01. The predicted molar refractivity (Wildman–Crippen MR) is 221 cm³/mol. The first-order chi connectivity index (χ1) is 28.6. The van der Waals surface area contributed by atoms with Gasteiger partial charge in [0.2, 0.25) is 0 Å². The predicted octanol–water partition coefficient (Wildman–Crippen LogP) is 6.10. The fourth-order valence-electron chi connectivity index (χ4n) is 10.8. The molecule has 0 radical (unpaired) electrons. The molecule has 0 saturated carbocycles. The van der Waals surface area contributed by atoms with E-state index >= 15 is 0 Å². The maximum absolute atomic E-state index is 14.3. The molecule has 13 heteroatoms. The topological polar surface area (TPSA) is 150 Å². The van der Waals surface area contributed by atoms with Crippen molar-refractivity contribution >= 4 is 5.97 Å². The van der Waals surface area contributed by atoms with Crippen molar-refractivity contribution in [2.75, 3.05) is 20.8 Å². The number of carbonyl (C=O) groups is 1. The van der Waals surface area contributed by atoms with Crippen LogP contribution in [0.25, 0.3) is 0 Å². The van der Waals surface area contributed by atoms with Gasteiger partial charge in [0, 0.05) is 58.2 Å². The number of carbonyl (C=O) groups excluding carboxylic acids is 1. The fraction of sp³-hybridized carbons (Fsp3) is 0.809. The summed E-state index contributed by atoms with van der Waals surface area (Å²) in [5, 5.41) is 21.7. The summed E-state index contributed by atoms with van der Waals surface area (Å²) in [4.78, 5) is 14.3. The lowest BCUT2D eigenvalue weighted by Gasteiger charge is -2.50. The second kappa shape index (κ2) is 19.4. The van der Waals surface area contributed by atoms with E-state index in [9.17, 15) is 15.0 Å². The lowest BCUT2D eigenvalue weighted by atomic mass is 9.75. The Balaban J connectivity index is 1.16. The summed E-state index contributed by atoms with van der Waals surface area (Å²) in [6, 6.07) is 0. The summed E-state index contributed by atoms with van der Waals surface area (Å²) < 4.78 is 64.1. The van der Waals surface area contributed by atoms with Crippen molar-refractivity contribution in [3.63, 3.8) is 0 Å². The van der Waals surface area contributed by atoms with Crippen LogP contribution in [0.15, 0.2) is 47.1 Å². The number of rotatable bonds is 7. The molecule has 0 aromatic carbocycles. The van der Waals surface area contributed by atoms with E-state index in [2.05, 4.69) is 46.8 Å². The normalized spacial score (nSPS) is 49.0. The van der Waals surface area contributed by atoms with Gasteiger partial charge < -0.3 is 57.6 Å². The van der Waals surface area contributed by atoms with Gasteiger partial charge in [-0.3, -0.25) is 4.79 Å². The lowest BCUT2D eigenvalue weighted by Crippen LogP contribution is -2.55. The van der Waals surface area contributed by atoms with Crippen LogP contribution in [0.2, 0.25) is 0 Å². The summed E-state index contributed by atoms with van der Waals surface area (Å²) >= 11 is 0. The molecule has 0 aromatic heterocycles. The van der Waals surface area contributed by atoms with Crippen LogP contribution in [0.5, 0.6) is 0 Å². The first kappa shape index (κ1) is 46.0. The number of ether oxygens (including phenoxy) is 10. The third kappa shape index (κ3) is 9.87. The third-order valence-electron chi connectivity index (χ3n) is 14.2. The zero-order chi connectivity index (χ0) is 43.0. The minimum Gasteiger partial charge on any atom is -0.462 e. The molecule has 5 saturated heterocycles. The summed E-state index contributed by atoms with van der Waals surface area (Å²) in [7, 11) is 3.25. The molecular formula is C47H72O13. The van der Waals surface area contributed by atoms with Gasteiger partial charge in [-0.1, -0.05) is 58.1 Å². The molecule has 2 N–H and O–H groups in total. The van der Waals surface area contributed by atoms with E-state index in [0.717, 1.165) is 24.0 Å². The number of hydrogen-bond acceptors (Lipinski definition) is 13. The third-order valence-corrected chi connectivity index (χ3v) is 14.2. The van der Waals surface area contributed by atoms with Gasteiger partial charge in [0.15, 0.2) is 18.4 Å². The smallest absolute Gasteiger partial charge is 0.313 e. The van der Waals surface area contributed by atoms with Crippen molar-refractivity contribution in [1.29, 1.82) is 0 Å². The molecule has 7 rings (SSSR count). The lowest BCUT2D eigenvalue weighted by molar-refractivity contribution is -0.340. The van der Waals surface area contributed by atoms with Crippen LogP contribution in [0.3, 0.4) is 0 Å². The molecule has 60 heavy (non-hydrogen) atoms. The van der Waals surface area contributed by atoms with Crippen LogP contribution in [-0.4, -0.2) is 129 Å². The van der Waals surface area contributed by atoms with E-state index in [0.29, 0.717) is 56.1 Å². The van der Waals surface area contributed by atoms with Crippen molar-refractivity contribution in [3.05, 3.63) is 47.1 Å². The second-order valence-corrected chi connectivity index (χ2v) is 19.1. The number of aliphatic hydroxyl groups is 2. The second-order valence-electron chi connectivity index (χ2n) is 19.1. The summed E-state index contributed by atoms with van der Waals surface area (Å²) in [6.45, 7) is 16.8. The van der Waals surface area contributed by atoms with E-state index < -0.39 is 73.1 Å². The van der Waals surface area contributed by atoms with Crippen molar-refractivity contribution < 1.29 is 62.4 Å². The van der Waals surface area contributed by atoms with Crippen molar-refractivity contribution in [1.82, 2.24) is 0 Å². The van der Waals surface area contributed by atoms with Crippen molar-refractivity contribution in [3.8, 4) is 0 Å². The van der Waals surface area contributed by atoms with Gasteiger partial charge >= 0.3 is 5.97 Å². The van der Waals surface area contributed by atoms with Crippen LogP contribution in [0, 0.1) is 29.6 Å². The standard InChI is InChI=1S/C47H72O13/c1-24(2)42-27(5)16-17-47(60-42)22-33-19-32(59-47)15-14-26(4)43(25(3)12-11-13-31-23-53-45-39(31)34(46(50)56-33)18-28(6)40(45)48)57-38-21-36(52-10)44(30(8)55-38)58-37-20-35(51-9)41(49)29(7)54-37/h11-14,18,24-25,27,29-30,32-45,48-49H,15-17,19-23H2,1-10H3/b12-11+,26-14+,31-13+/t25-,27-,29-,30-,32+,33-,34+,35+,36-,37-,38-,39+,40+,41-,42-,43-,44-,45+,47+/m0/s1. The van der Waals surface area contributed by atoms with E-state index in [-0.39, 0.29) is 42.2 Å². The molecule has 0 unspecified atom stereocenters. The minimum absolute atomic E-state index is 0.0247. The van der Waals surface area contributed by atoms with Gasteiger partial charge in [-0.2, -0.15) is 0 Å². The average Bonchev–Trinajstić information content (AvgIpc) is 3.63. The molecule has 19 atom stereocenters. The molecule has 338 valence electrons. The fourth-order valence-corrected chi connectivity index (χ4v) is 10.8. The van der Waals surface area contributed by atoms with Crippen LogP contribution in [-0.2, 0) is 52.2 Å². The Morgan fingerprint density at radius 2 is 1.60 bits per heavy atom. The summed E-state index contributed by atoms with van der Waals surface area (Å²) in [6.07, 6.45) is 7.98. The maximum Gasteiger partial charge on any atom is 0.313 e. The van der Waals surface area contributed by atoms with Crippen molar-refractivity contribution in [2.45, 2.75) is 192 Å². The highest BCUT2D eigenvalue weighted by molar-refractivity contribution is 5.76. The largest absolute Gasteiger partial charge is 0.462 e. The quantitative estimate of drug-likeness (QED) is 0.225. The highest BCUT2D eigenvalue weighted by Crippen LogP contribution is 2.46. The van der Waals surface area contributed by atoms with Gasteiger partial charge in [-0.05, 0) is 69.1 Å². The first-order valence-electron chi connectivity index (χ1n) is 22.5. The van der Waals surface area contributed by atoms with Crippen LogP contribution < -0.4 is 0 Å².